The Bertz CT molecular complexity index is 410. The molecule has 1 aliphatic rings. The first kappa shape index (κ1) is 14.9. The van der Waals surface area contributed by atoms with Crippen LogP contribution in [0.5, 0.6) is 0 Å². The minimum atomic E-state index is 0.0718. The largest absolute Gasteiger partial charge is 0.372 e. The number of nitrogens with zero attached hydrogens (tertiary/aromatic N) is 1. The second-order valence-corrected chi connectivity index (χ2v) is 5.29. The summed E-state index contributed by atoms with van der Waals surface area (Å²) in [5.74, 6) is 0.0718. The van der Waals surface area contributed by atoms with E-state index < -0.39 is 0 Å². The molecule has 0 aliphatic carbocycles. The third-order valence-electron chi connectivity index (χ3n) is 3.58. The van der Waals surface area contributed by atoms with E-state index in [0.29, 0.717) is 6.42 Å². The van der Waals surface area contributed by atoms with Crippen LogP contribution in [0.25, 0.3) is 0 Å². The number of anilines is 2. The molecule has 20 heavy (non-hydrogen) atoms. The molecule has 4 nitrogen and oxygen atoms in total. The Morgan fingerprint density at radius 1 is 1.15 bits per heavy atom. The van der Waals surface area contributed by atoms with Crippen LogP contribution in [-0.4, -0.2) is 32.1 Å². The SMILES string of the molecule is CCCNCCC(=O)Nc1ccc(N2CCCC2)cc1. The van der Waals surface area contributed by atoms with Crippen LogP contribution in [0.3, 0.4) is 0 Å². The Hall–Kier alpha value is -1.55. The molecule has 0 spiro atoms. The molecule has 0 aromatic heterocycles. The first-order chi connectivity index (χ1) is 9.79. The van der Waals surface area contributed by atoms with Crippen LogP contribution in [0.2, 0.25) is 0 Å². The van der Waals surface area contributed by atoms with E-state index in [2.05, 4.69) is 34.6 Å². The van der Waals surface area contributed by atoms with Crippen molar-refractivity contribution < 1.29 is 4.79 Å². The highest BCUT2D eigenvalue weighted by atomic mass is 16.1. The first-order valence-electron chi connectivity index (χ1n) is 7.65. The number of hydrogen-bond acceptors (Lipinski definition) is 3. The van der Waals surface area contributed by atoms with E-state index in [-0.39, 0.29) is 5.91 Å². The van der Waals surface area contributed by atoms with Crippen LogP contribution in [0.15, 0.2) is 24.3 Å². The van der Waals surface area contributed by atoms with Crippen molar-refractivity contribution in [2.45, 2.75) is 32.6 Å². The van der Waals surface area contributed by atoms with E-state index in [4.69, 9.17) is 0 Å². The molecule has 2 rings (SSSR count). The first-order valence-corrected chi connectivity index (χ1v) is 7.65. The lowest BCUT2D eigenvalue weighted by Crippen LogP contribution is -2.22. The number of nitrogens with one attached hydrogen (secondary N) is 2. The highest BCUT2D eigenvalue weighted by Gasteiger charge is 2.11. The molecular formula is C16H25N3O. The van der Waals surface area contributed by atoms with Gasteiger partial charge in [-0.05, 0) is 50.1 Å². The van der Waals surface area contributed by atoms with Gasteiger partial charge in [0.1, 0.15) is 0 Å². The van der Waals surface area contributed by atoms with Gasteiger partial charge in [-0.1, -0.05) is 6.92 Å². The highest BCUT2D eigenvalue weighted by molar-refractivity contribution is 5.91. The maximum atomic E-state index is 11.8. The van der Waals surface area contributed by atoms with E-state index in [9.17, 15) is 4.79 Å². The quantitative estimate of drug-likeness (QED) is 0.752. The zero-order valence-corrected chi connectivity index (χ0v) is 12.3. The normalized spacial score (nSPS) is 14.6. The Labute approximate surface area is 121 Å². The highest BCUT2D eigenvalue weighted by Crippen LogP contribution is 2.21. The van der Waals surface area contributed by atoms with Gasteiger partial charge >= 0.3 is 0 Å². The van der Waals surface area contributed by atoms with E-state index in [0.717, 1.165) is 38.3 Å². The molecule has 0 unspecified atom stereocenters. The van der Waals surface area contributed by atoms with Gasteiger partial charge in [-0.15, -0.1) is 0 Å². The molecule has 4 heteroatoms. The van der Waals surface area contributed by atoms with Crippen molar-refractivity contribution in [2.24, 2.45) is 0 Å². The molecule has 1 heterocycles. The molecule has 1 saturated heterocycles. The average molecular weight is 275 g/mol. The zero-order chi connectivity index (χ0) is 14.2. The molecule has 1 amide bonds. The molecule has 2 N–H and O–H groups in total. The monoisotopic (exact) mass is 275 g/mol. The van der Waals surface area contributed by atoms with Crippen LogP contribution >= 0.6 is 0 Å². The summed E-state index contributed by atoms with van der Waals surface area (Å²) >= 11 is 0. The summed E-state index contributed by atoms with van der Waals surface area (Å²) in [6, 6.07) is 8.17. The molecular weight excluding hydrogens is 250 g/mol. The van der Waals surface area contributed by atoms with Crippen molar-refractivity contribution in [1.82, 2.24) is 5.32 Å². The molecule has 1 fully saturated rings. The minimum absolute atomic E-state index is 0.0718. The smallest absolute Gasteiger partial charge is 0.225 e. The molecule has 0 atom stereocenters. The van der Waals surface area contributed by atoms with Crippen molar-refractivity contribution >= 4 is 17.3 Å². The topological polar surface area (TPSA) is 44.4 Å². The number of carbonyl (C=O) groups excluding carboxylic acids is 1. The molecule has 0 radical (unpaired) electrons. The van der Waals surface area contributed by atoms with Gasteiger partial charge in [0.15, 0.2) is 0 Å². The fourth-order valence-corrected chi connectivity index (χ4v) is 2.46. The van der Waals surface area contributed by atoms with Crippen LogP contribution in [0.4, 0.5) is 11.4 Å². The van der Waals surface area contributed by atoms with Crippen molar-refractivity contribution in [3.63, 3.8) is 0 Å². The number of hydrogen-bond donors (Lipinski definition) is 2. The Morgan fingerprint density at radius 3 is 2.50 bits per heavy atom. The second-order valence-electron chi connectivity index (χ2n) is 5.29. The second kappa shape index (κ2) is 7.90. The van der Waals surface area contributed by atoms with Crippen LogP contribution < -0.4 is 15.5 Å². The standard InChI is InChI=1S/C16H25N3O/c1-2-10-17-11-9-16(20)18-14-5-7-15(8-6-14)19-12-3-4-13-19/h5-8,17H,2-4,9-13H2,1H3,(H,18,20). The molecule has 0 saturated carbocycles. The number of carbonyl (C=O) groups is 1. The lowest BCUT2D eigenvalue weighted by molar-refractivity contribution is -0.116. The third-order valence-corrected chi connectivity index (χ3v) is 3.58. The van der Waals surface area contributed by atoms with Crippen molar-refractivity contribution in [1.29, 1.82) is 0 Å². The summed E-state index contributed by atoms with van der Waals surface area (Å²) in [6.45, 7) is 6.13. The van der Waals surface area contributed by atoms with Crippen LogP contribution in [0, 0.1) is 0 Å². The van der Waals surface area contributed by atoms with Gasteiger partial charge in [-0.3, -0.25) is 4.79 Å². The van der Waals surface area contributed by atoms with Crippen LogP contribution in [-0.2, 0) is 4.79 Å². The summed E-state index contributed by atoms with van der Waals surface area (Å²) < 4.78 is 0. The van der Waals surface area contributed by atoms with Crippen molar-refractivity contribution in [3.05, 3.63) is 24.3 Å². The molecule has 110 valence electrons. The lowest BCUT2D eigenvalue weighted by atomic mass is 10.2. The van der Waals surface area contributed by atoms with E-state index in [1.54, 1.807) is 0 Å². The predicted molar refractivity (Wildman–Crippen MR) is 84.3 cm³/mol. The van der Waals surface area contributed by atoms with Gasteiger partial charge in [0.2, 0.25) is 5.91 Å². The predicted octanol–water partition coefficient (Wildman–Crippen LogP) is 2.62. The molecule has 1 aromatic rings. The fourth-order valence-electron chi connectivity index (χ4n) is 2.46. The Balaban J connectivity index is 1.76. The third kappa shape index (κ3) is 4.53. The van der Waals surface area contributed by atoms with E-state index in [1.165, 1.54) is 18.5 Å². The van der Waals surface area contributed by atoms with Crippen LogP contribution in [0.1, 0.15) is 32.6 Å². The van der Waals surface area contributed by atoms with E-state index >= 15 is 0 Å². The van der Waals surface area contributed by atoms with E-state index in [1.807, 2.05) is 12.1 Å². The zero-order valence-electron chi connectivity index (χ0n) is 12.3. The lowest BCUT2D eigenvalue weighted by Gasteiger charge is -2.17. The summed E-state index contributed by atoms with van der Waals surface area (Å²) in [5.41, 5.74) is 2.14. The molecule has 1 aliphatic heterocycles. The number of amides is 1. The number of rotatable bonds is 7. The van der Waals surface area contributed by atoms with Gasteiger partial charge in [0.05, 0.1) is 0 Å². The van der Waals surface area contributed by atoms with Gasteiger partial charge in [-0.25, -0.2) is 0 Å². The summed E-state index contributed by atoms with van der Waals surface area (Å²) in [6.07, 6.45) is 4.18. The summed E-state index contributed by atoms with van der Waals surface area (Å²) in [5, 5.41) is 6.17. The van der Waals surface area contributed by atoms with Gasteiger partial charge in [0, 0.05) is 37.4 Å². The van der Waals surface area contributed by atoms with Gasteiger partial charge < -0.3 is 15.5 Å². The maximum Gasteiger partial charge on any atom is 0.225 e. The van der Waals surface area contributed by atoms with Crippen molar-refractivity contribution in [2.75, 3.05) is 36.4 Å². The minimum Gasteiger partial charge on any atom is -0.372 e. The summed E-state index contributed by atoms with van der Waals surface area (Å²) in [7, 11) is 0. The Morgan fingerprint density at radius 2 is 1.85 bits per heavy atom. The molecule has 0 bridgehead atoms. The summed E-state index contributed by atoms with van der Waals surface area (Å²) in [4.78, 5) is 14.1. The van der Waals surface area contributed by atoms with Gasteiger partial charge in [0.25, 0.3) is 0 Å². The average Bonchev–Trinajstić information content (AvgIpc) is 2.99. The van der Waals surface area contributed by atoms with Gasteiger partial charge in [-0.2, -0.15) is 0 Å². The maximum absolute atomic E-state index is 11.8. The number of benzene rings is 1. The van der Waals surface area contributed by atoms with Crippen molar-refractivity contribution in [3.8, 4) is 0 Å². The Kier molecular flexibility index (Phi) is 5.87. The molecule has 1 aromatic carbocycles. The fraction of sp³-hybridized carbons (Fsp3) is 0.562.